The molecule has 1 rings (SSSR count). The quantitative estimate of drug-likeness (QED) is 0.240. The fraction of sp³-hybridized carbons (Fsp3) is 0.773. The zero-order chi connectivity index (χ0) is 25.0. The molecule has 0 aromatic heterocycles. The van der Waals surface area contributed by atoms with Crippen LogP contribution in [0.3, 0.4) is 0 Å². The Kier molecular flexibility index (Phi) is 12.4. The standard InChI is InChI=1S/C22H38N4O7/c1-4-26(18(28)7-5-6-15-8-10-23-11-9-15)13-17(27)24-16(12-19(29)30)21(31)25-20(14(2)3)22(32)33/h14-16,20,23H,4-13H2,1-3H3,(H,24,27)(H,25,31)(H,29,30)(H,32,33)/t16?,20-/m1/s1. The number of rotatable bonds is 14. The summed E-state index contributed by atoms with van der Waals surface area (Å²) in [4.78, 5) is 61.4. The number of carboxylic acid groups (broad SMARTS) is 2. The molecule has 0 radical (unpaired) electrons. The Morgan fingerprint density at radius 1 is 1.06 bits per heavy atom. The van der Waals surface area contributed by atoms with Gasteiger partial charge in [0.2, 0.25) is 17.7 Å². The lowest BCUT2D eigenvalue weighted by molar-refractivity contribution is -0.144. The number of amides is 3. The fourth-order valence-electron chi connectivity index (χ4n) is 3.81. The van der Waals surface area contributed by atoms with E-state index in [0.29, 0.717) is 18.9 Å². The highest BCUT2D eigenvalue weighted by Gasteiger charge is 2.30. The van der Waals surface area contributed by atoms with Crippen LogP contribution in [0.15, 0.2) is 0 Å². The number of aliphatic carboxylic acids is 2. The second-order valence-electron chi connectivity index (χ2n) is 8.78. The molecule has 1 unspecified atom stereocenters. The molecule has 33 heavy (non-hydrogen) atoms. The van der Waals surface area contributed by atoms with Crippen LogP contribution in [0.5, 0.6) is 0 Å². The number of nitrogens with one attached hydrogen (secondary N) is 3. The van der Waals surface area contributed by atoms with E-state index in [-0.39, 0.29) is 12.5 Å². The van der Waals surface area contributed by atoms with Gasteiger partial charge >= 0.3 is 11.9 Å². The van der Waals surface area contributed by atoms with Crippen molar-refractivity contribution in [1.82, 2.24) is 20.9 Å². The van der Waals surface area contributed by atoms with E-state index in [2.05, 4.69) is 16.0 Å². The van der Waals surface area contributed by atoms with Gasteiger partial charge < -0.3 is 31.1 Å². The van der Waals surface area contributed by atoms with Gasteiger partial charge in [-0.1, -0.05) is 13.8 Å². The zero-order valence-corrected chi connectivity index (χ0v) is 19.8. The van der Waals surface area contributed by atoms with Gasteiger partial charge in [-0.15, -0.1) is 0 Å². The van der Waals surface area contributed by atoms with Crippen molar-refractivity contribution in [1.29, 1.82) is 0 Å². The first kappa shape index (κ1) is 28.3. The Hall–Kier alpha value is -2.69. The van der Waals surface area contributed by atoms with Crippen LogP contribution in [0, 0.1) is 11.8 Å². The maximum absolute atomic E-state index is 12.5. The average Bonchev–Trinajstić information content (AvgIpc) is 2.75. The first-order valence-corrected chi connectivity index (χ1v) is 11.6. The van der Waals surface area contributed by atoms with Crippen LogP contribution in [0.4, 0.5) is 0 Å². The summed E-state index contributed by atoms with van der Waals surface area (Å²) in [6.45, 7) is 6.91. The largest absolute Gasteiger partial charge is 0.481 e. The number of carbonyl (C=O) groups is 5. The minimum absolute atomic E-state index is 0.174. The van der Waals surface area contributed by atoms with Gasteiger partial charge in [-0.05, 0) is 57.5 Å². The molecular weight excluding hydrogens is 432 g/mol. The fourth-order valence-corrected chi connectivity index (χ4v) is 3.81. The molecule has 1 aliphatic heterocycles. The number of carboxylic acids is 2. The molecule has 0 bridgehead atoms. The summed E-state index contributed by atoms with van der Waals surface area (Å²) >= 11 is 0. The smallest absolute Gasteiger partial charge is 0.326 e. The van der Waals surface area contributed by atoms with Crippen LogP contribution >= 0.6 is 0 Å². The van der Waals surface area contributed by atoms with E-state index in [1.807, 2.05) is 0 Å². The molecular formula is C22H38N4O7. The normalized spacial score (nSPS) is 16.0. The highest BCUT2D eigenvalue weighted by molar-refractivity contribution is 5.94. The van der Waals surface area contributed by atoms with Gasteiger partial charge in [0.15, 0.2) is 0 Å². The lowest BCUT2D eigenvalue weighted by Gasteiger charge is -2.25. The number of hydrogen-bond donors (Lipinski definition) is 5. The van der Waals surface area contributed by atoms with Crippen molar-refractivity contribution < 1.29 is 34.2 Å². The molecule has 1 heterocycles. The molecule has 11 heteroatoms. The molecule has 11 nitrogen and oxygen atoms in total. The van der Waals surface area contributed by atoms with E-state index in [1.165, 1.54) is 4.90 Å². The third-order valence-corrected chi connectivity index (χ3v) is 5.79. The van der Waals surface area contributed by atoms with Crippen molar-refractivity contribution in [2.45, 2.75) is 71.4 Å². The molecule has 0 aliphatic carbocycles. The van der Waals surface area contributed by atoms with E-state index in [1.54, 1.807) is 20.8 Å². The summed E-state index contributed by atoms with van der Waals surface area (Å²) in [5.41, 5.74) is 0. The molecule has 1 aliphatic rings. The first-order chi connectivity index (χ1) is 15.5. The Bertz CT molecular complexity index is 692. The second kappa shape index (κ2) is 14.5. The van der Waals surface area contributed by atoms with Crippen molar-refractivity contribution in [3.05, 3.63) is 0 Å². The topological polar surface area (TPSA) is 165 Å². The van der Waals surface area contributed by atoms with Crippen molar-refractivity contribution in [2.24, 2.45) is 11.8 Å². The molecule has 5 N–H and O–H groups in total. The third kappa shape index (κ3) is 10.6. The summed E-state index contributed by atoms with van der Waals surface area (Å²) in [5.74, 6) is -4.17. The molecule has 1 fully saturated rings. The van der Waals surface area contributed by atoms with Gasteiger partial charge in [0.05, 0.1) is 13.0 Å². The van der Waals surface area contributed by atoms with Gasteiger partial charge in [-0.25, -0.2) is 4.79 Å². The van der Waals surface area contributed by atoms with Gasteiger partial charge in [0, 0.05) is 13.0 Å². The Labute approximate surface area is 194 Å². The molecule has 2 atom stereocenters. The number of piperidine rings is 1. The van der Waals surface area contributed by atoms with Crippen LogP contribution < -0.4 is 16.0 Å². The van der Waals surface area contributed by atoms with Crippen LogP contribution in [-0.4, -0.2) is 83.0 Å². The molecule has 1 saturated heterocycles. The second-order valence-corrected chi connectivity index (χ2v) is 8.78. The van der Waals surface area contributed by atoms with E-state index in [0.717, 1.165) is 38.8 Å². The SMILES string of the molecule is CCN(CC(=O)NC(CC(=O)O)C(=O)N[C@@H](C(=O)O)C(C)C)C(=O)CCCC1CCNCC1. The Balaban J connectivity index is 2.63. The molecule has 0 spiro atoms. The monoisotopic (exact) mass is 470 g/mol. The van der Waals surface area contributed by atoms with Crippen molar-refractivity contribution in [3.63, 3.8) is 0 Å². The Morgan fingerprint density at radius 3 is 2.21 bits per heavy atom. The average molecular weight is 471 g/mol. The van der Waals surface area contributed by atoms with Gasteiger partial charge in [0.25, 0.3) is 0 Å². The molecule has 0 saturated carbocycles. The maximum atomic E-state index is 12.5. The highest BCUT2D eigenvalue weighted by atomic mass is 16.4. The third-order valence-electron chi connectivity index (χ3n) is 5.79. The van der Waals surface area contributed by atoms with Crippen LogP contribution in [0.1, 0.15) is 59.3 Å². The maximum Gasteiger partial charge on any atom is 0.326 e. The minimum atomic E-state index is -1.45. The molecule has 188 valence electrons. The molecule has 0 aromatic rings. The minimum Gasteiger partial charge on any atom is -0.481 e. The summed E-state index contributed by atoms with van der Waals surface area (Å²) in [5, 5.41) is 26.3. The van der Waals surface area contributed by atoms with Crippen molar-refractivity contribution >= 4 is 29.7 Å². The predicted octanol–water partition coefficient (Wildman–Crippen LogP) is 0.190. The van der Waals surface area contributed by atoms with Gasteiger partial charge in [-0.2, -0.15) is 0 Å². The van der Waals surface area contributed by atoms with Gasteiger partial charge in [0.1, 0.15) is 12.1 Å². The summed E-state index contributed by atoms with van der Waals surface area (Å²) in [6, 6.07) is -2.68. The van der Waals surface area contributed by atoms with E-state index >= 15 is 0 Å². The lowest BCUT2D eigenvalue weighted by Crippen LogP contribution is -2.55. The van der Waals surface area contributed by atoms with Crippen LogP contribution in [0.2, 0.25) is 0 Å². The first-order valence-electron chi connectivity index (χ1n) is 11.6. The number of likely N-dealkylation sites (N-methyl/N-ethyl adjacent to an activating group) is 1. The van der Waals surface area contributed by atoms with Gasteiger partial charge in [-0.3, -0.25) is 19.2 Å². The van der Waals surface area contributed by atoms with E-state index in [4.69, 9.17) is 5.11 Å². The van der Waals surface area contributed by atoms with E-state index < -0.39 is 48.2 Å². The summed E-state index contributed by atoms with van der Waals surface area (Å²) in [7, 11) is 0. The van der Waals surface area contributed by atoms with Crippen molar-refractivity contribution in [3.8, 4) is 0 Å². The highest BCUT2D eigenvalue weighted by Crippen LogP contribution is 2.19. The summed E-state index contributed by atoms with van der Waals surface area (Å²) in [6.07, 6.45) is 3.49. The molecule has 0 aromatic carbocycles. The Morgan fingerprint density at radius 2 is 1.70 bits per heavy atom. The van der Waals surface area contributed by atoms with Crippen LogP contribution in [-0.2, 0) is 24.0 Å². The summed E-state index contributed by atoms with van der Waals surface area (Å²) < 4.78 is 0. The zero-order valence-electron chi connectivity index (χ0n) is 19.8. The molecule has 3 amide bonds. The predicted molar refractivity (Wildman–Crippen MR) is 120 cm³/mol. The number of carbonyl (C=O) groups excluding carboxylic acids is 3. The van der Waals surface area contributed by atoms with Crippen molar-refractivity contribution in [2.75, 3.05) is 26.2 Å². The number of nitrogens with zero attached hydrogens (tertiary/aromatic N) is 1. The van der Waals surface area contributed by atoms with Crippen LogP contribution in [0.25, 0.3) is 0 Å². The lowest BCUT2D eigenvalue weighted by atomic mass is 9.92. The van der Waals surface area contributed by atoms with E-state index in [9.17, 15) is 29.1 Å². The number of hydrogen-bond acceptors (Lipinski definition) is 6.